The molecule has 0 fully saturated rings. The van der Waals surface area contributed by atoms with E-state index in [1.165, 1.54) is 0 Å². The van der Waals surface area contributed by atoms with Gasteiger partial charge in [0, 0.05) is 21.4 Å². The molecule has 2 N–H and O–H groups in total. The molecule has 0 aliphatic carbocycles. The van der Waals surface area contributed by atoms with E-state index in [-0.39, 0.29) is 0 Å². The van der Waals surface area contributed by atoms with Crippen molar-refractivity contribution < 1.29 is 0 Å². The van der Waals surface area contributed by atoms with Gasteiger partial charge in [0.25, 0.3) is 0 Å². The molecule has 0 atom stereocenters. The average molecular weight is 490 g/mol. The van der Waals surface area contributed by atoms with Crippen LogP contribution in [0, 0.1) is 5.41 Å². The first-order chi connectivity index (χ1) is 15.0. The molecule has 154 valence electrons. The van der Waals surface area contributed by atoms with Crippen LogP contribution in [-0.2, 0) is 5.54 Å². The minimum atomic E-state index is -0.675. The molecule has 0 unspecified atom stereocenters. The van der Waals surface area contributed by atoms with Crippen LogP contribution in [0.4, 0.5) is 5.69 Å². The topological polar surface area (TPSA) is 35.9 Å². The molecule has 0 aliphatic rings. The predicted molar refractivity (Wildman–Crippen MR) is 134 cm³/mol. The molecule has 31 heavy (non-hydrogen) atoms. The van der Waals surface area contributed by atoms with Crippen molar-refractivity contribution in [3.63, 3.8) is 0 Å². The summed E-state index contributed by atoms with van der Waals surface area (Å²) >= 11 is 10.0. The van der Waals surface area contributed by atoms with Gasteiger partial charge in [-0.05, 0) is 51.7 Å². The molecule has 4 rings (SSSR count). The van der Waals surface area contributed by atoms with Crippen molar-refractivity contribution in [3.8, 4) is 0 Å². The monoisotopic (exact) mass is 488 g/mol. The molecule has 0 heterocycles. The second-order valence-corrected chi connectivity index (χ2v) is 8.67. The van der Waals surface area contributed by atoms with Crippen LogP contribution in [0.25, 0.3) is 0 Å². The molecule has 0 amide bonds. The Hall–Kier alpha value is -2.88. The van der Waals surface area contributed by atoms with Gasteiger partial charge in [-0.15, -0.1) is 0 Å². The lowest BCUT2D eigenvalue weighted by Gasteiger charge is -2.38. The summed E-state index contributed by atoms with van der Waals surface area (Å²) in [4.78, 5) is 0. The zero-order valence-electron chi connectivity index (χ0n) is 17.1. The molecule has 0 radical (unpaired) electrons. The quantitative estimate of drug-likeness (QED) is 0.210. The number of rotatable bonds is 6. The maximum absolute atomic E-state index is 8.36. The third kappa shape index (κ3) is 4.16. The molecule has 0 bridgehead atoms. The summed E-state index contributed by atoms with van der Waals surface area (Å²) in [6.45, 7) is 1.79. The number of nitrogens with one attached hydrogen (secondary N) is 2. The van der Waals surface area contributed by atoms with E-state index in [9.17, 15) is 0 Å². The first-order valence-corrected chi connectivity index (χ1v) is 11.2. The van der Waals surface area contributed by atoms with Crippen LogP contribution in [-0.4, -0.2) is 5.71 Å². The summed E-state index contributed by atoms with van der Waals surface area (Å²) < 4.78 is 0.769. The molecule has 0 saturated carbocycles. The molecule has 2 nitrogen and oxygen atoms in total. The van der Waals surface area contributed by atoms with Gasteiger partial charge in [-0.2, -0.15) is 0 Å². The second kappa shape index (κ2) is 9.09. The molecule has 0 spiro atoms. The Kier molecular flexibility index (Phi) is 6.26. The third-order valence-corrected chi connectivity index (χ3v) is 6.60. The summed E-state index contributed by atoms with van der Waals surface area (Å²) in [7, 11) is 0. The summed E-state index contributed by atoms with van der Waals surface area (Å²) in [6.07, 6.45) is 0. The standard InChI is InChI=1S/C27H22BrClN2/c1-19(30)23-17-24(28)25(29)18-26(23)31-27(20-11-5-2-6-12-20,21-13-7-3-8-14-21)22-15-9-4-10-16-22/h2-18,30-31H,1H3. The number of hydrogen-bond donors (Lipinski definition) is 2. The molecule has 4 heteroatoms. The maximum Gasteiger partial charge on any atom is 0.114 e. The maximum atomic E-state index is 8.36. The van der Waals surface area contributed by atoms with E-state index >= 15 is 0 Å². The van der Waals surface area contributed by atoms with Crippen molar-refractivity contribution in [1.82, 2.24) is 0 Å². The highest BCUT2D eigenvalue weighted by atomic mass is 79.9. The van der Waals surface area contributed by atoms with E-state index < -0.39 is 5.54 Å². The molecule has 0 aromatic heterocycles. The number of hydrogen-bond acceptors (Lipinski definition) is 2. The Morgan fingerprint density at radius 1 is 0.774 bits per heavy atom. The van der Waals surface area contributed by atoms with Gasteiger partial charge in [0.15, 0.2) is 0 Å². The lowest BCUT2D eigenvalue weighted by molar-refractivity contribution is 0.711. The molecule has 4 aromatic rings. The van der Waals surface area contributed by atoms with E-state index in [0.717, 1.165) is 32.4 Å². The van der Waals surface area contributed by atoms with Crippen LogP contribution in [0.3, 0.4) is 0 Å². The van der Waals surface area contributed by atoms with Gasteiger partial charge in [0.2, 0.25) is 0 Å². The van der Waals surface area contributed by atoms with Crippen LogP contribution in [0.2, 0.25) is 5.02 Å². The highest BCUT2D eigenvalue weighted by Gasteiger charge is 2.37. The average Bonchev–Trinajstić information content (AvgIpc) is 2.81. The summed E-state index contributed by atoms with van der Waals surface area (Å²) in [6, 6.07) is 34.9. The largest absolute Gasteiger partial charge is 0.367 e. The van der Waals surface area contributed by atoms with Crippen molar-refractivity contribution in [2.45, 2.75) is 12.5 Å². The fourth-order valence-electron chi connectivity index (χ4n) is 3.94. The van der Waals surface area contributed by atoms with Crippen molar-refractivity contribution >= 4 is 38.9 Å². The molecular formula is C27H22BrClN2. The Morgan fingerprint density at radius 3 is 1.58 bits per heavy atom. The van der Waals surface area contributed by atoms with Gasteiger partial charge in [-0.3, -0.25) is 0 Å². The zero-order chi connectivity index (χ0) is 21.8. The van der Waals surface area contributed by atoms with Gasteiger partial charge in [0.1, 0.15) is 5.54 Å². The molecule has 0 aliphatic heterocycles. The van der Waals surface area contributed by atoms with Crippen LogP contribution in [0.5, 0.6) is 0 Å². The minimum absolute atomic E-state index is 0.461. The highest BCUT2D eigenvalue weighted by Crippen LogP contribution is 2.42. The van der Waals surface area contributed by atoms with Crippen LogP contribution >= 0.6 is 27.5 Å². The lowest BCUT2D eigenvalue weighted by atomic mass is 9.76. The van der Waals surface area contributed by atoms with Crippen molar-refractivity contribution in [2.75, 3.05) is 5.32 Å². The number of halogens is 2. The van der Waals surface area contributed by atoms with Gasteiger partial charge < -0.3 is 10.7 Å². The van der Waals surface area contributed by atoms with E-state index in [0.29, 0.717) is 10.7 Å². The van der Waals surface area contributed by atoms with Crippen molar-refractivity contribution in [1.29, 1.82) is 5.41 Å². The third-order valence-electron chi connectivity index (χ3n) is 5.41. The zero-order valence-corrected chi connectivity index (χ0v) is 19.4. The first kappa shape index (κ1) is 21.4. The van der Waals surface area contributed by atoms with E-state index in [1.54, 1.807) is 6.92 Å². The molecular weight excluding hydrogens is 468 g/mol. The van der Waals surface area contributed by atoms with Gasteiger partial charge in [0.05, 0.1) is 5.02 Å². The number of benzene rings is 4. The fourth-order valence-corrected chi connectivity index (χ4v) is 4.45. The normalized spacial score (nSPS) is 11.2. The molecule has 0 saturated heterocycles. The SMILES string of the molecule is CC(=N)c1cc(Br)c(Cl)cc1NC(c1ccccc1)(c1ccccc1)c1ccccc1. The fraction of sp³-hybridized carbons (Fsp3) is 0.0741. The number of anilines is 1. The molecule has 4 aromatic carbocycles. The van der Waals surface area contributed by atoms with Crippen molar-refractivity contribution in [3.05, 3.63) is 135 Å². The summed E-state index contributed by atoms with van der Waals surface area (Å²) in [5, 5.41) is 12.8. The van der Waals surface area contributed by atoms with Crippen molar-refractivity contribution in [2.24, 2.45) is 0 Å². The highest BCUT2D eigenvalue weighted by molar-refractivity contribution is 9.10. The van der Waals surface area contributed by atoms with Gasteiger partial charge >= 0.3 is 0 Å². The van der Waals surface area contributed by atoms with Crippen LogP contribution in [0.1, 0.15) is 29.2 Å². The van der Waals surface area contributed by atoms with E-state index in [1.807, 2.05) is 30.3 Å². The van der Waals surface area contributed by atoms with Gasteiger partial charge in [-0.25, -0.2) is 0 Å². The Labute approximate surface area is 196 Å². The summed E-state index contributed by atoms with van der Waals surface area (Å²) in [5.74, 6) is 0. The van der Waals surface area contributed by atoms with E-state index in [2.05, 4.69) is 94.0 Å². The van der Waals surface area contributed by atoms with Crippen LogP contribution in [0.15, 0.2) is 108 Å². The minimum Gasteiger partial charge on any atom is -0.367 e. The Morgan fingerprint density at radius 2 is 1.19 bits per heavy atom. The summed E-state index contributed by atoms with van der Waals surface area (Å²) in [5.41, 5.74) is 4.68. The smallest absolute Gasteiger partial charge is 0.114 e. The van der Waals surface area contributed by atoms with Crippen LogP contribution < -0.4 is 5.32 Å². The lowest BCUT2D eigenvalue weighted by Crippen LogP contribution is -2.38. The first-order valence-electron chi connectivity index (χ1n) is 10.0. The Bertz CT molecular complexity index is 1100. The van der Waals surface area contributed by atoms with Gasteiger partial charge in [-0.1, -0.05) is 103 Å². The van der Waals surface area contributed by atoms with E-state index in [4.69, 9.17) is 17.0 Å². The predicted octanol–water partition coefficient (Wildman–Crippen LogP) is 7.89. The Balaban J connectivity index is 2.05. The second-order valence-electron chi connectivity index (χ2n) is 7.41.